The van der Waals surface area contributed by atoms with Crippen molar-refractivity contribution in [2.45, 2.75) is 31.9 Å². The number of carbonyl (C=O) groups excluding carboxylic acids is 1. The monoisotopic (exact) mass is 464 g/mol. The van der Waals surface area contributed by atoms with Crippen molar-refractivity contribution in [1.82, 2.24) is 10.2 Å². The van der Waals surface area contributed by atoms with Crippen molar-refractivity contribution in [2.75, 3.05) is 46.5 Å². The minimum Gasteiger partial charge on any atom is -0.493 e. The van der Waals surface area contributed by atoms with Crippen LogP contribution in [0.5, 0.6) is 5.75 Å². The van der Waals surface area contributed by atoms with Crippen molar-refractivity contribution in [1.29, 1.82) is 0 Å². The Morgan fingerprint density at radius 3 is 2.41 bits per heavy atom. The van der Waals surface area contributed by atoms with Gasteiger partial charge in [-0.1, -0.05) is 0 Å². The number of nitrogens with zero attached hydrogens (tertiary/aromatic N) is 1. The molecule has 0 bridgehead atoms. The zero-order chi connectivity index (χ0) is 23.3. The standard InChI is InChI=1S/C22H29F5N2O3/c1-31-9-5-28-21(30)20-18(23)11-16(12-19(20)24)32-8-4-15-10-17(15)14-2-6-29(7-3-14)13-22(25,26)27/h11-12,14-15,17H,2-10,13H2,1H3,(H,28,30)/t15-,17-/m1/s1. The van der Waals surface area contributed by atoms with Gasteiger partial charge in [0, 0.05) is 25.8 Å². The number of rotatable bonds is 10. The number of hydrogen-bond donors (Lipinski definition) is 1. The molecule has 10 heteroatoms. The normalized spacial score (nSPS) is 22.1. The first-order valence-electron chi connectivity index (χ1n) is 10.9. The third kappa shape index (κ3) is 7.03. The Morgan fingerprint density at radius 2 is 1.81 bits per heavy atom. The highest BCUT2D eigenvalue weighted by Crippen LogP contribution is 2.49. The quantitative estimate of drug-likeness (QED) is 0.420. The molecular formula is C22H29F5N2O3. The smallest absolute Gasteiger partial charge is 0.401 e. The number of ether oxygens (including phenoxy) is 2. The van der Waals surface area contributed by atoms with Gasteiger partial charge in [-0.25, -0.2) is 8.78 Å². The molecule has 1 aliphatic carbocycles. The number of carbonyl (C=O) groups is 1. The molecule has 2 atom stereocenters. The first-order chi connectivity index (χ1) is 15.2. The number of methoxy groups -OCH3 is 1. The summed E-state index contributed by atoms with van der Waals surface area (Å²) in [5.74, 6) is -1.49. The van der Waals surface area contributed by atoms with Crippen LogP contribution in [-0.4, -0.2) is 63.5 Å². The third-order valence-corrected chi connectivity index (χ3v) is 6.21. The topological polar surface area (TPSA) is 50.8 Å². The van der Waals surface area contributed by atoms with Crippen molar-refractivity contribution in [3.8, 4) is 5.75 Å². The molecule has 0 unspecified atom stereocenters. The van der Waals surface area contributed by atoms with Gasteiger partial charge in [0.05, 0.1) is 19.8 Å². The largest absolute Gasteiger partial charge is 0.493 e. The number of amides is 1. The number of benzene rings is 1. The van der Waals surface area contributed by atoms with Gasteiger partial charge in [-0.3, -0.25) is 9.69 Å². The molecule has 1 aromatic rings. The molecule has 1 saturated carbocycles. The fourth-order valence-corrected chi connectivity index (χ4v) is 4.51. The summed E-state index contributed by atoms with van der Waals surface area (Å²) in [6.45, 7) is 0.734. The molecule has 1 heterocycles. The predicted molar refractivity (Wildman–Crippen MR) is 107 cm³/mol. The van der Waals surface area contributed by atoms with E-state index in [1.807, 2.05) is 0 Å². The van der Waals surface area contributed by atoms with Crippen LogP contribution in [0.2, 0.25) is 0 Å². The van der Waals surface area contributed by atoms with Crippen LogP contribution >= 0.6 is 0 Å². The van der Waals surface area contributed by atoms with Gasteiger partial charge in [0.1, 0.15) is 22.9 Å². The molecule has 5 nitrogen and oxygen atoms in total. The zero-order valence-corrected chi connectivity index (χ0v) is 18.0. The van der Waals surface area contributed by atoms with Crippen molar-refractivity contribution < 1.29 is 36.2 Å². The summed E-state index contributed by atoms with van der Waals surface area (Å²) in [6.07, 6.45) is -0.894. The van der Waals surface area contributed by atoms with Gasteiger partial charge < -0.3 is 14.8 Å². The van der Waals surface area contributed by atoms with Gasteiger partial charge in [-0.15, -0.1) is 0 Å². The fourth-order valence-electron chi connectivity index (χ4n) is 4.51. The fraction of sp³-hybridized carbons (Fsp3) is 0.682. The molecule has 32 heavy (non-hydrogen) atoms. The summed E-state index contributed by atoms with van der Waals surface area (Å²) in [6, 6.07) is 1.99. The van der Waals surface area contributed by atoms with E-state index in [0.717, 1.165) is 37.8 Å². The molecule has 2 fully saturated rings. The third-order valence-electron chi connectivity index (χ3n) is 6.21. The minimum absolute atomic E-state index is 0.0195. The minimum atomic E-state index is -4.16. The molecule has 3 rings (SSSR count). The van der Waals surface area contributed by atoms with Crippen LogP contribution in [0, 0.1) is 29.4 Å². The van der Waals surface area contributed by atoms with E-state index < -0.39 is 35.8 Å². The lowest BCUT2D eigenvalue weighted by molar-refractivity contribution is -0.148. The van der Waals surface area contributed by atoms with E-state index in [9.17, 15) is 26.7 Å². The van der Waals surface area contributed by atoms with Gasteiger partial charge in [-0.05, 0) is 56.5 Å². The van der Waals surface area contributed by atoms with Gasteiger partial charge in [0.2, 0.25) is 0 Å². The van der Waals surface area contributed by atoms with Crippen molar-refractivity contribution in [3.05, 3.63) is 29.3 Å². The summed E-state index contributed by atoms with van der Waals surface area (Å²) >= 11 is 0. The maximum atomic E-state index is 14.2. The number of nitrogens with one attached hydrogen (secondary N) is 1. The maximum Gasteiger partial charge on any atom is 0.401 e. The molecular weight excluding hydrogens is 435 g/mol. The molecule has 1 saturated heterocycles. The Hall–Kier alpha value is -1.94. The lowest BCUT2D eigenvalue weighted by atomic mass is 9.90. The van der Waals surface area contributed by atoms with Crippen molar-refractivity contribution >= 4 is 5.91 Å². The number of alkyl halides is 3. The number of piperidine rings is 1. The van der Waals surface area contributed by atoms with E-state index in [2.05, 4.69) is 5.32 Å². The first kappa shape index (κ1) is 24.7. The van der Waals surface area contributed by atoms with E-state index in [0.29, 0.717) is 30.8 Å². The number of halogens is 5. The molecule has 0 radical (unpaired) electrons. The molecule has 1 aromatic carbocycles. The molecule has 180 valence electrons. The second-order valence-electron chi connectivity index (χ2n) is 8.54. The molecule has 1 aliphatic heterocycles. The van der Waals surface area contributed by atoms with Gasteiger partial charge in [-0.2, -0.15) is 13.2 Å². The molecule has 1 N–H and O–H groups in total. The molecule has 2 aliphatic rings. The zero-order valence-electron chi connectivity index (χ0n) is 18.0. The lowest BCUT2D eigenvalue weighted by Gasteiger charge is -2.32. The van der Waals surface area contributed by atoms with Crippen LogP contribution in [0.4, 0.5) is 22.0 Å². The Bertz CT molecular complexity index is 758. The highest BCUT2D eigenvalue weighted by Gasteiger charge is 2.44. The van der Waals surface area contributed by atoms with E-state index in [4.69, 9.17) is 9.47 Å². The first-order valence-corrected chi connectivity index (χ1v) is 10.9. The van der Waals surface area contributed by atoms with Gasteiger partial charge in [0.25, 0.3) is 5.91 Å². The maximum absolute atomic E-state index is 14.2. The molecule has 0 aromatic heterocycles. The van der Waals surface area contributed by atoms with Crippen LogP contribution in [-0.2, 0) is 4.74 Å². The highest BCUT2D eigenvalue weighted by molar-refractivity contribution is 5.94. The van der Waals surface area contributed by atoms with Crippen LogP contribution < -0.4 is 10.1 Å². The number of likely N-dealkylation sites (tertiary alicyclic amines) is 1. The summed E-state index contributed by atoms with van der Waals surface area (Å²) < 4.78 is 76.2. The van der Waals surface area contributed by atoms with Crippen LogP contribution in [0.25, 0.3) is 0 Å². The SMILES string of the molecule is COCCNC(=O)c1c(F)cc(OCC[C@@H]2C[C@@H]2C2CCN(CC(F)(F)F)CC2)cc1F. The van der Waals surface area contributed by atoms with Gasteiger partial charge >= 0.3 is 6.18 Å². The Labute approximate surface area is 184 Å². The Kier molecular flexibility index (Phi) is 8.32. The summed E-state index contributed by atoms with van der Waals surface area (Å²) in [7, 11) is 1.45. The van der Waals surface area contributed by atoms with Crippen LogP contribution in [0.3, 0.4) is 0 Å². The average Bonchev–Trinajstić information content (AvgIpc) is 3.46. The van der Waals surface area contributed by atoms with Crippen LogP contribution in [0.1, 0.15) is 36.0 Å². The second kappa shape index (κ2) is 10.8. The molecule has 1 amide bonds. The Balaban J connectivity index is 1.40. The predicted octanol–water partition coefficient (Wildman–Crippen LogP) is 4.02. The van der Waals surface area contributed by atoms with E-state index in [-0.39, 0.29) is 25.5 Å². The van der Waals surface area contributed by atoms with E-state index in [1.54, 1.807) is 0 Å². The summed E-state index contributed by atoms with van der Waals surface area (Å²) in [4.78, 5) is 13.4. The van der Waals surface area contributed by atoms with Crippen LogP contribution in [0.15, 0.2) is 12.1 Å². The van der Waals surface area contributed by atoms with Gasteiger partial charge in [0.15, 0.2) is 0 Å². The summed E-state index contributed by atoms with van der Waals surface area (Å²) in [5, 5.41) is 2.37. The second-order valence-corrected chi connectivity index (χ2v) is 8.54. The van der Waals surface area contributed by atoms with E-state index >= 15 is 0 Å². The highest BCUT2D eigenvalue weighted by atomic mass is 19.4. The average molecular weight is 464 g/mol. The Morgan fingerprint density at radius 1 is 1.16 bits per heavy atom. The summed E-state index contributed by atoms with van der Waals surface area (Å²) in [5.41, 5.74) is -0.660. The lowest BCUT2D eigenvalue weighted by Crippen LogP contribution is -2.40. The van der Waals surface area contributed by atoms with Crippen molar-refractivity contribution in [3.63, 3.8) is 0 Å². The van der Waals surface area contributed by atoms with E-state index in [1.165, 1.54) is 12.0 Å². The molecule has 0 spiro atoms. The van der Waals surface area contributed by atoms with Crippen molar-refractivity contribution in [2.24, 2.45) is 17.8 Å². The number of hydrogen-bond acceptors (Lipinski definition) is 4.